The summed E-state index contributed by atoms with van der Waals surface area (Å²) < 4.78 is 0.974. The second kappa shape index (κ2) is 41.1. The van der Waals surface area contributed by atoms with Gasteiger partial charge in [0, 0.05) is 29.9 Å². The standard InChI is InChI=1S/C44H80IN9O12/c1-3-4-5-6-7-8-9-10-11-12-13-14-15-16-17-21-37(58)52-33(44(65)66)22-23-36(57)48-28-40(61)53-35(31-56)43(64)51-29-41(62)54-34(30-55)42(63)50-27-39(60)49-26-38(59)47-24-19-18-20-32(25-45)46-2/h32-35,46,55-56H,3-31H2,1-2H3,(H,47,59)(H,48,57)(H,49,60)(H,50,63)(H,51,64)(H,52,58)(H,53,61)(H,54,62)(H,65,66)/t32-,33?,34?,35?/m0/s1. The van der Waals surface area contributed by atoms with E-state index in [0.29, 0.717) is 19.0 Å². The Morgan fingerprint density at radius 2 is 0.879 bits per heavy atom. The molecule has 0 spiro atoms. The SMILES string of the molecule is CCCCCCCCCCCCCCCCCC(=O)NC(CCC(=O)NCC(=O)NC(CO)C(=O)NCC(=O)NC(CO)C(=O)NCC(=O)NCC(=O)NCCCC[C@@H](CI)NC)C(=O)O. The number of nitrogens with one attached hydrogen (secondary N) is 9. The number of amides is 8. The highest BCUT2D eigenvalue weighted by molar-refractivity contribution is 14.1. The Kier molecular flexibility index (Phi) is 38.5. The fraction of sp³-hybridized carbons (Fsp3) is 0.795. The van der Waals surface area contributed by atoms with E-state index in [1.54, 1.807) is 0 Å². The minimum atomic E-state index is -1.55. The van der Waals surface area contributed by atoms with Gasteiger partial charge >= 0.3 is 5.97 Å². The average molecular weight is 1050 g/mol. The summed E-state index contributed by atoms with van der Waals surface area (Å²) in [6, 6.07) is -3.97. The molecule has 12 N–H and O–H groups in total. The lowest BCUT2D eigenvalue weighted by Crippen LogP contribution is -2.55. The summed E-state index contributed by atoms with van der Waals surface area (Å²) in [6.45, 7) is -1.34. The zero-order chi connectivity index (χ0) is 49.4. The van der Waals surface area contributed by atoms with E-state index in [1.165, 1.54) is 64.2 Å². The predicted molar refractivity (Wildman–Crippen MR) is 257 cm³/mol. The molecular formula is C44H80IN9O12. The zero-order valence-electron chi connectivity index (χ0n) is 39.2. The summed E-state index contributed by atoms with van der Waals surface area (Å²) >= 11 is 2.30. The third-order valence-corrected chi connectivity index (χ3v) is 11.7. The van der Waals surface area contributed by atoms with Gasteiger partial charge in [-0.25, -0.2) is 4.79 Å². The molecule has 0 aromatic rings. The van der Waals surface area contributed by atoms with Crippen molar-refractivity contribution in [2.75, 3.05) is 57.4 Å². The van der Waals surface area contributed by atoms with Gasteiger partial charge in [0.15, 0.2) is 0 Å². The molecule has 3 unspecified atom stereocenters. The Balaban J connectivity index is 4.36. The van der Waals surface area contributed by atoms with Crippen LogP contribution in [0.2, 0.25) is 0 Å². The number of hydrogen-bond donors (Lipinski definition) is 12. The maximum atomic E-state index is 12.5. The van der Waals surface area contributed by atoms with Crippen LogP contribution in [0.15, 0.2) is 0 Å². The van der Waals surface area contributed by atoms with Crippen LogP contribution in [-0.2, 0) is 43.2 Å². The Labute approximate surface area is 403 Å². The predicted octanol–water partition coefficient (Wildman–Crippen LogP) is 0.326. The Bertz CT molecular complexity index is 1440. The number of aliphatic carboxylic acids is 1. The Hall–Kier alpha value is -4.16. The largest absolute Gasteiger partial charge is 0.480 e. The first kappa shape index (κ1) is 61.8. The first-order valence-corrected chi connectivity index (χ1v) is 25.1. The Morgan fingerprint density at radius 1 is 0.455 bits per heavy atom. The van der Waals surface area contributed by atoms with Crippen molar-refractivity contribution in [2.45, 2.75) is 166 Å². The topological polar surface area (TPSA) is 323 Å². The van der Waals surface area contributed by atoms with Crippen LogP contribution in [0, 0.1) is 0 Å². The molecule has 0 heterocycles. The lowest BCUT2D eigenvalue weighted by Gasteiger charge is -2.18. The van der Waals surface area contributed by atoms with Crippen molar-refractivity contribution in [1.29, 1.82) is 0 Å². The molecule has 21 nitrogen and oxygen atoms in total. The summed E-state index contributed by atoms with van der Waals surface area (Å²) in [7, 11) is 1.90. The summed E-state index contributed by atoms with van der Waals surface area (Å²) in [5, 5.41) is 50.5. The molecule has 0 aliphatic carbocycles. The quantitative estimate of drug-likeness (QED) is 0.0223. The highest BCUT2D eigenvalue weighted by Gasteiger charge is 2.25. The highest BCUT2D eigenvalue weighted by atomic mass is 127. The number of alkyl halides is 1. The van der Waals surface area contributed by atoms with Crippen molar-refractivity contribution in [3.05, 3.63) is 0 Å². The van der Waals surface area contributed by atoms with E-state index in [0.717, 1.165) is 49.4 Å². The minimum absolute atomic E-state index is 0.169. The number of aliphatic hydroxyl groups is 2. The molecule has 0 fully saturated rings. The molecule has 8 amide bonds. The van der Waals surface area contributed by atoms with Crippen molar-refractivity contribution in [3.63, 3.8) is 0 Å². The minimum Gasteiger partial charge on any atom is -0.480 e. The molecule has 0 aromatic heterocycles. The van der Waals surface area contributed by atoms with E-state index < -0.39 is 104 Å². The molecule has 4 atom stereocenters. The molecule has 0 radical (unpaired) electrons. The second-order valence-corrected chi connectivity index (χ2v) is 17.2. The number of carboxylic acids is 1. The third-order valence-electron chi connectivity index (χ3n) is 10.6. The van der Waals surface area contributed by atoms with Crippen LogP contribution < -0.4 is 47.9 Å². The summed E-state index contributed by atoms with van der Waals surface area (Å²) in [5.74, 6) is -7.31. The van der Waals surface area contributed by atoms with Gasteiger partial charge in [0.25, 0.3) is 0 Å². The number of halogens is 1. The van der Waals surface area contributed by atoms with E-state index in [2.05, 4.69) is 77.4 Å². The van der Waals surface area contributed by atoms with Crippen molar-refractivity contribution in [2.24, 2.45) is 0 Å². The van der Waals surface area contributed by atoms with Gasteiger partial charge < -0.3 is 63.2 Å². The number of rotatable bonds is 42. The van der Waals surface area contributed by atoms with E-state index >= 15 is 0 Å². The summed E-state index contributed by atoms with van der Waals surface area (Å²) in [4.78, 5) is 110. The number of unbranched alkanes of at least 4 members (excludes halogenated alkanes) is 15. The number of aliphatic hydroxyl groups excluding tert-OH is 2. The molecule has 0 saturated carbocycles. The summed E-state index contributed by atoms with van der Waals surface area (Å²) in [5.41, 5.74) is 0. The lowest BCUT2D eigenvalue weighted by atomic mass is 10.0. The van der Waals surface area contributed by atoms with E-state index in [4.69, 9.17) is 0 Å². The monoisotopic (exact) mass is 1050 g/mol. The number of hydrogen-bond acceptors (Lipinski definition) is 12. The molecule has 0 rings (SSSR count). The highest BCUT2D eigenvalue weighted by Crippen LogP contribution is 2.14. The maximum Gasteiger partial charge on any atom is 0.326 e. The van der Waals surface area contributed by atoms with E-state index in [-0.39, 0.29) is 25.8 Å². The van der Waals surface area contributed by atoms with Gasteiger partial charge in [-0.1, -0.05) is 126 Å². The number of carbonyl (C=O) groups excluding carboxylic acids is 8. The first-order valence-electron chi connectivity index (χ1n) is 23.6. The van der Waals surface area contributed by atoms with Gasteiger partial charge in [-0.2, -0.15) is 0 Å². The van der Waals surface area contributed by atoms with Gasteiger partial charge in [0.2, 0.25) is 47.3 Å². The third kappa shape index (κ3) is 34.2. The molecule has 0 aliphatic heterocycles. The van der Waals surface area contributed by atoms with Crippen LogP contribution in [0.1, 0.15) is 142 Å². The van der Waals surface area contributed by atoms with Crippen molar-refractivity contribution >= 4 is 75.8 Å². The fourth-order valence-electron chi connectivity index (χ4n) is 6.53. The van der Waals surface area contributed by atoms with Crippen LogP contribution in [0.4, 0.5) is 0 Å². The fourth-order valence-corrected chi connectivity index (χ4v) is 7.41. The van der Waals surface area contributed by atoms with Crippen molar-refractivity contribution in [1.82, 2.24) is 47.9 Å². The van der Waals surface area contributed by atoms with Crippen LogP contribution >= 0.6 is 22.6 Å². The van der Waals surface area contributed by atoms with Gasteiger partial charge in [-0.05, 0) is 32.7 Å². The molecule has 22 heteroatoms. The van der Waals surface area contributed by atoms with E-state index in [1.807, 2.05) is 7.05 Å². The zero-order valence-corrected chi connectivity index (χ0v) is 41.4. The molecule has 0 saturated heterocycles. The van der Waals surface area contributed by atoms with Gasteiger partial charge in [-0.15, -0.1) is 0 Å². The number of carboxylic acid groups (broad SMARTS) is 1. The van der Waals surface area contributed by atoms with Crippen molar-refractivity contribution in [3.8, 4) is 0 Å². The molecule has 0 bridgehead atoms. The normalized spacial score (nSPS) is 12.7. The average Bonchev–Trinajstić information content (AvgIpc) is 3.30. The van der Waals surface area contributed by atoms with Crippen LogP contribution in [0.25, 0.3) is 0 Å². The maximum absolute atomic E-state index is 12.5. The Morgan fingerprint density at radius 3 is 1.35 bits per heavy atom. The molecule has 0 aliphatic rings. The van der Waals surface area contributed by atoms with Crippen LogP contribution in [0.5, 0.6) is 0 Å². The molecular weight excluding hydrogens is 973 g/mol. The van der Waals surface area contributed by atoms with Crippen LogP contribution in [0.3, 0.4) is 0 Å². The van der Waals surface area contributed by atoms with Gasteiger partial charge in [0.05, 0.1) is 39.4 Å². The first-order chi connectivity index (χ1) is 31.7. The second-order valence-electron chi connectivity index (χ2n) is 16.3. The smallest absolute Gasteiger partial charge is 0.326 e. The summed E-state index contributed by atoms with van der Waals surface area (Å²) in [6.07, 6.45) is 20.0. The van der Waals surface area contributed by atoms with Crippen molar-refractivity contribution < 1.29 is 58.5 Å². The van der Waals surface area contributed by atoms with Gasteiger partial charge in [-0.3, -0.25) is 38.4 Å². The molecule has 0 aromatic carbocycles. The molecule has 66 heavy (non-hydrogen) atoms. The van der Waals surface area contributed by atoms with Crippen LogP contribution in [-0.4, -0.2) is 150 Å². The number of carbonyl (C=O) groups is 9. The van der Waals surface area contributed by atoms with E-state index in [9.17, 15) is 58.5 Å². The molecule has 380 valence electrons. The lowest BCUT2D eigenvalue weighted by molar-refractivity contribution is -0.142. The van der Waals surface area contributed by atoms with Gasteiger partial charge in [0.1, 0.15) is 18.1 Å².